The molecule has 0 amide bonds. The Bertz CT molecular complexity index is 481. The van der Waals surface area contributed by atoms with Gasteiger partial charge in [-0.1, -0.05) is 13.0 Å². The minimum atomic E-state index is 0.526. The van der Waals surface area contributed by atoms with Crippen LogP contribution in [0.4, 0.5) is 5.69 Å². The van der Waals surface area contributed by atoms with Gasteiger partial charge in [-0.25, -0.2) is 0 Å². The van der Waals surface area contributed by atoms with Crippen molar-refractivity contribution in [3.8, 4) is 6.07 Å². The van der Waals surface area contributed by atoms with E-state index in [1.165, 1.54) is 0 Å². The summed E-state index contributed by atoms with van der Waals surface area (Å²) in [4.78, 5) is 3.39. The molecule has 1 heterocycles. The first-order valence-electron chi connectivity index (χ1n) is 6.73. The van der Waals surface area contributed by atoms with Gasteiger partial charge in [-0.2, -0.15) is 5.26 Å². The molecule has 1 aliphatic heterocycles. The van der Waals surface area contributed by atoms with Gasteiger partial charge >= 0.3 is 0 Å². The molecule has 0 aliphatic carbocycles. The molecule has 1 fully saturated rings. The summed E-state index contributed by atoms with van der Waals surface area (Å²) in [6, 6.07) is 8.47. The lowest BCUT2D eigenvalue weighted by molar-refractivity contribution is 0.308. The van der Waals surface area contributed by atoms with Crippen LogP contribution in [0.5, 0.6) is 0 Å². The summed E-state index contributed by atoms with van der Waals surface area (Å²) in [5, 5.41) is 9.42. The van der Waals surface area contributed by atoms with Gasteiger partial charge in [-0.15, -0.1) is 11.8 Å². The van der Waals surface area contributed by atoms with Crippen LogP contribution in [0, 0.1) is 23.2 Å². The summed E-state index contributed by atoms with van der Waals surface area (Å²) in [5.41, 5.74) is 7.74. The maximum atomic E-state index is 9.42. The van der Waals surface area contributed by atoms with Crippen molar-refractivity contribution in [2.45, 2.75) is 18.2 Å². The molecule has 0 aromatic heterocycles. The molecule has 2 unspecified atom stereocenters. The maximum Gasteiger partial charge on any atom is 0.103 e. The van der Waals surface area contributed by atoms with E-state index in [2.05, 4.69) is 24.0 Å². The van der Waals surface area contributed by atoms with Crippen LogP contribution in [0.2, 0.25) is 0 Å². The van der Waals surface area contributed by atoms with Crippen molar-refractivity contribution in [3.63, 3.8) is 0 Å². The van der Waals surface area contributed by atoms with Crippen molar-refractivity contribution in [1.29, 1.82) is 5.26 Å². The third-order valence-electron chi connectivity index (χ3n) is 4.09. The number of hydrogen-bond donors (Lipinski definition) is 1. The molecular formula is C15H21N3S. The zero-order valence-corrected chi connectivity index (χ0v) is 12.4. The Morgan fingerprint density at radius 3 is 2.95 bits per heavy atom. The van der Waals surface area contributed by atoms with Crippen molar-refractivity contribution in [3.05, 3.63) is 23.8 Å². The number of nitrogens with zero attached hydrogens (tertiary/aromatic N) is 2. The molecule has 1 aromatic rings. The lowest BCUT2D eigenvalue weighted by Crippen LogP contribution is -2.43. The van der Waals surface area contributed by atoms with Crippen molar-refractivity contribution < 1.29 is 0 Å². The second-order valence-corrected chi connectivity index (χ2v) is 6.02. The van der Waals surface area contributed by atoms with Gasteiger partial charge in [0.15, 0.2) is 0 Å². The van der Waals surface area contributed by atoms with E-state index < -0.39 is 0 Å². The number of rotatable bonds is 3. The van der Waals surface area contributed by atoms with Gasteiger partial charge in [0.05, 0.1) is 11.3 Å². The monoisotopic (exact) mass is 275 g/mol. The molecule has 1 aliphatic rings. The Labute approximate surface area is 119 Å². The van der Waals surface area contributed by atoms with Crippen LogP contribution in [0.1, 0.15) is 18.9 Å². The number of anilines is 1. The molecule has 0 spiro atoms. The molecule has 19 heavy (non-hydrogen) atoms. The predicted molar refractivity (Wildman–Crippen MR) is 81.5 cm³/mol. The average Bonchev–Trinajstić information content (AvgIpc) is 2.46. The zero-order chi connectivity index (χ0) is 13.8. The number of hydrogen-bond acceptors (Lipinski definition) is 4. The van der Waals surface area contributed by atoms with E-state index in [0.29, 0.717) is 11.8 Å². The largest absolute Gasteiger partial charge is 0.370 e. The van der Waals surface area contributed by atoms with Crippen LogP contribution in [0.25, 0.3) is 0 Å². The number of nitrogens with two attached hydrogens (primary N) is 1. The Hall–Kier alpha value is -1.18. The normalized spacial score (nSPS) is 23.2. The topological polar surface area (TPSA) is 53.0 Å². The first-order chi connectivity index (χ1) is 9.21. The van der Waals surface area contributed by atoms with Gasteiger partial charge in [0.25, 0.3) is 0 Å². The smallest absolute Gasteiger partial charge is 0.103 e. The van der Waals surface area contributed by atoms with Gasteiger partial charge in [0.1, 0.15) is 6.07 Å². The Balaban J connectivity index is 2.30. The lowest BCUT2D eigenvalue weighted by atomic mass is 9.86. The summed E-state index contributed by atoms with van der Waals surface area (Å²) in [6.07, 6.45) is 3.16. The Morgan fingerprint density at radius 1 is 1.53 bits per heavy atom. The number of thioether (sulfide) groups is 1. The highest BCUT2D eigenvalue weighted by molar-refractivity contribution is 7.98. The molecule has 2 N–H and O–H groups in total. The third-order valence-corrected chi connectivity index (χ3v) is 4.87. The third kappa shape index (κ3) is 2.88. The quantitative estimate of drug-likeness (QED) is 0.862. The number of benzene rings is 1. The highest BCUT2D eigenvalue weighted by Gasteiger charge is 2.26. The van der Waals surface area contributed by atoms with E-state index in [1.54, 1.807) is 11.8 Å². The van der Waals surface area contributed by atoms with Crippen molar-refractivity contribution in [1.82, 2.24) is 0 Å². The van der Waals surface area contributed by atoms with Crippen LogP contribution in [0.3, 0.4) is 0 Å². The first kappa shape index (κ1) is 14.2. The van der Waals surface area contributed by atoms with Crippen molar-refractivity contribution in [2.75, 3.05) is 30.8 Å². The molecule has 1 saturated heterocycles. The highest BCUT2D eigenvalue weighted by Crippen LogP contribution is 2.32. The first-order valence-corrected chi connectivity index (χ1v) is 7.95. The van der Waals surface area contributed by atoms with E-state index in [9.17, 15) is 5.26 Å². The standard InChI is InChI=1S/C15H21N3S/c1-11-6-7-18(10-12(11)8-16)14-4-3-5-15(19-2)13(14)9-17/h3-5,11-12H,6-8,10,16H2,1-2H3. The van der Waals surface area contributed by atoms with Crippen LogP contribution >= 0.6 is 11.8 Å². The molecule has 1 aromatic carbocycles. The minimum Gasteiger partial charge on any atom is -0.370 e. The van der Waals surface area contributed by atoms with E-state index in [-0.39, 0.29) is 0 Å². The fourth-order valence-corrected chi connectivity index (χ4v) is 3.31. The number of nitriles is 1. The SMILES string of the molecule is CSc1cccc(N2CCC(C)C(CN)C2)c1C#N. The Kier molecular flexibility index (Phi) is 4.73. The fraction of sp³-hybridized carbons (Fsp3) is 0.533. The van der Waals surface area contributed by atoms with Crippen LogP contribution in [-0.2, 0) is 0 Å². The van der Waals surface area contributed by atoms with E-state index in [4.69, 9.17) is 5.73 Å². The average molecular weight is 275 g/mol. The minimum absolute atomic E-state index is 0.526. The summed E-state index contributed by atoms with van der Waals surface area (Å²) >= 11 is 1.63. The van der Waals surface area contributed by atoms with E-state index >= 15 is 0 Å². The predicted octanol–water partition coefficient (Wildman–Crippen LogP) is 2.70. The summed E-state index contributed by atoms with van der Waals surface area (Å²) < 4.78 is 0. The summed E-state index contributed by atoms with van der Waals surface area (Å²) in [5.74, 6) is 1.20. The van der Waals surface area contributed by atoms with Crippen molar-refractivity contribution >= 4 is 17.4 Å². The van der Waals surface area contributed by atoms with E-state index in [0.717, 1.165) is 42.2 Å². The van der Waals surface area contributed by atoms with Gasteiger partial charge in [0.2, 0.25) is 0 Å². The molecule has 0 saturated carbocycles. The summed E-state index contributed by atoms with van der Waals surface area (Å²) in [6.45, 7) is 4.98. The molecule has 2 atom stereocenters. The fourth-order valence-electron chi connectivity index (χ4n) is 2.74. The maximum absolute atomic E-state index is 9.42. The summed E-state index contributed by atoms with van der Waals surface area (Å²) in [7, 11) is 0. The van der Waals surface area contributed by atoms with Crippen molar-refractivity contribution in [2.24, 2.45) is 17.6 Å². The van der Waals surface area contributed by atoms with E-state index in [1.807, 2.05) is 18.4 Å². The van der Waals surface area contributed by atoms with Crippen LogP contribution in [-0.4, -0.2) is 25.9 Å². The van der Waals surface area contributed by atoms with Gasteiger partial charge in [0, 0.05) is 18.0 Å². The molecule has 2 rings (SSSR count). The molecule has 0 bridgehead atoms. The van der Waals surface area contributed by atoms with Crippen LogP contribution < -0.4 is 10.6 Å². The number of piperidine rings is 1. The van der Waals surface area contributed by atoms with Gasteiger partial charge < -0.3 is 10.6 Å². The molecule has 3 nitrogen and oxygen atoms in total. The Morgan fingerprint density at radius 2 is 2.32 bits per heavy atom. The molecule has 0 radical (unpaired) electrons. The van der Waals surface area contributed by atoms with Gasteiger partial charge in [-0.05, 0) is 43.2 Å². The second kappa shape index (κ2) is 6.31. The molecule has 4 heteroatoms. The molecular weight excluding hydrogens is 254 g/mol. The second-order valence-electron chi connectivity index (χ2n) is 5.17. The lowest BCUT2D eigenvalue weighted by Gasteiger charge is -2.38. The van der Waals surface area contributed by atoms with Gasteiger partial charge in [-0.3, -0.25) is 0 Å². The zero-order valence-electron chi connectivity index (χ0n) is 11.6. The molecule has 102 valence electrons. The highest BCUT2D eigenvalue weighted by atomic mass is 32.2. The van der Waals surface area contributed by atoms with Crippen LogP contribution in [0.15, 0.2) is 23.1 Å².